The van der Waals surface area contributed by atoms with Crippen molar-refractivity contribution in [2.75, 3.05) is 5.32 Å². The number of nitrogens with zero attached hydrogens (tertiary/aromatic N) is 1. The van der Waals surface area contributed by atoms with Gasteiger partial charge in [0.05, 0.1) is 6.57 Å². The van der Waals surface area contributed by atoms with E-state index in [-0.39, 0.29) is 11.3 Å². The van der Waals surface area contributed by atoms with Crippen molar-refractivity contribution in [2.24, 2.45) is 0 Å². The number of fused-ring (bicyclic) bond motifs is 1. The Hall–Kier alpha value is -1.82. The molecular weight excluding hydrogens is 212 g/mol. The summed E-state index contributed by atoms with van der Waals surface area (Å²) in [6, 6.07) is 3.88. The van der Waals surface area contributed by atoms with Gasteiger partial charge < -0.3 is 5.32 Å². The molecule has 0 spiro atoms. The molecule has 3 heteroatoms. The molecule has 0 unspecified atom stereocenters. The Balaban J connectivity index is 2.58. The second-order valence-electron chi connectivity index (χ2n) is 5.44. The van der Waals surface area contributed by atoms with Gasteiger partial charge in [-0.3, -0.25) is 4.79 Å². The summed E-state index contributed by atoms with van der Waals surface area (Å²) in [6.07, 6.45) is 1.30. The number of rotatable bonds is 0. The number of carbonyl (C=O) groups excluding carboxylic acids is 1. The van der Waals surface area contributed by atoms with Crippen LogP contribution in [0.2, 0.25) is 0 Å². The first-order valence-electron chi connectivity index (χ1n) is 5.76. The van der Waals surface area contributed by atoms with E-state index < -0.39 is 0 Å². The summed E-state index contributed by atoms with van der Waals surface area (Å²) in [5.41, 5.74) is 3.60. The van der Waals surface area contributed by atoms with Gasteiger partial charge in [0.15, 0.2) is 5.69 Å². The molecule has 0 atom stereocenters. The van der Waals surface area contributed by atoms with Crippen molar-refractivity contribution >= 4 is 17.3 Å². The minimum absolute atomic E-state index is 0.0388. The van der Waals surface area contributed by atoms with Gasteiger partial charge in [0.25, 0.3) is 0 Å². The molecule has 1 aromatic rings. The zero-order valence-corrected chi connectivity index (χ0v) is 10.4. The molecule has 0 radical (unpaired) electrons. The Labute approximate surface area is 102 Å². The van der Waals surface area contributed by atoms with Crippen LogP contribution in [0, 0.1) is 6.57 Å². The van der Waals surface area contributed by atoms with Crippen LogP contribution in [-0.2, 0) is 16.6 Å². The van der Waals surface area contributed by atoms with Crippen molar-refractivity contribution in [2.45, 2.75) is 39.0 Å². The van der Waals surface area contributed by atoms with Crippen molar-refractivity contribution < 1.29 is 4.79 Å². The first-order chi connectivity index (χ1) is 7.91. The van der Waals surface area contributed by atoms with Crippen molar-refractivity contribution in [3.8, 4) is 0 Å². The number of aryl methyl sites for hydroxylation is 1. The summed E-state index contributed by atoms with van der Waals surface area (Å²) in [5.74, 6) is 0.0388. The van der Waals surface area contributed by atoms with Gasteiger partial charge in [0.2, 0.25) is 5.91 Å². The Morgan fingerprint density at radius 2 is 2.00 bits per heavy atom. The van der Waals surface area contributed by atoms with E-state index in [0.29, 0.717) is 12.1 Å². The maximum atomic E-state index is 11.3. The van der Waals surface area contributed by atoms with E-state index in [9.17, 15) is 4.79 Å². The molecule has 0 saturated carbocycles. The van der Waals surface area contributed by atoms with Crippen molar-refractivity contribution in [3.63, 3.8) is 0 Å². The van der Waals surface area contributed by atoms with Gasteiger partial charge in [-0.2, -0.15) is 0 Å². The number of hydrogen-bond donors (Lipinski definition) is 1. The lowest BCUT2D eigenvalue weighted by Crippen LogP contribution is -2.20. The fourth-order valence-corrected chi connectivity index (χ4v) is 2.11. The monoisotopic (exact) mass is 228 g/mol. The largest absolute Gasteiger partial charge is 0.327 e. The molecular formula is C14H16N2O. The summed E-state index contributed by atoms with van der Waals surface area (Å²) < 4.78 is 0. The lowest BCUT2D eigenvalue weighted by atomic mass is 9.83. The lowest BCUT2D eigenvalue weighted by molar-refractivity contribution is -0.116. The molecule has 0 aliphatic carbocycles. The lowest BCUT2D eigenvalue weighted by Gasteiger charge is -2.25. The van der Waals surface area contributed by atoms with E-state index >= 15 is 0 Å². The maximum Gasteiger partial charge on any atom is 0.224 e. The number of carbonyl (C=O) groups is 1. The molecule has 1 aliphatic rings. The molecule has 0 bridgehead atoms. The minimum atomic E-state index is -0.0453. The average molecular weight is 228 g/mol. The van der Waals surface area contributed by atoms with Crippen LogP contribution >= 0.6 is 0 Å². The smallest absolute Gasteiger partial charge is 0.224 e. The van der Waals surface area contributed by atoms with E-state index in [2.05, 4.69) is 37.0 Å². The molecule has 0 fully saturated rings. The highest BCUT2D eigenvalue weighted by atomic mass is 16.1. The first kappa shape index (κ1) is 11.7. The highest BCUT2D eigenvalue weighted by Gasteiger charge is 2.23. The molecule has 1 heterocycles. The van der Waals surface area contributed by atoms with Gasteiger partial charge >= 0.3 is 0 Å². The van der Waals surface area contributed by atoms with Crippen LogP contribution in [0.5, 0.6) is 0 Å². The van der Waals surface area contributed by atoms with Crippen molar-refractivity contribution in [3.05, 3.63) is 34.7 Å². The number of amides is 1. The summed E-state index contributed by atoms with van der Waals surface area (Å²) in [5, 5.41) is 2.83. The van der Waals surface area contributed by atoms with E-state index in [4.69, 9.17) is 6.57 Å². The molecule has 0 aromatic heterocycles. The third-order valence-corrected chi connectivity index (χ3v) is 3.05. The predicted molar refractivity (Wildman–Crippen MR) is 68.4 cm³/mol. The average Bonchev–Trinajstić information content (AvgIpc) is 2.25. The molecule has 1 N–H and O–H groups in total. The van der Waals surface area contributed by atoms with Gasteiger partial charge in [-0.1, -0.05) is 26.8 Å². The topological polar surface area (TPSA) is 33.5 Å². The number of benzene rings is 1. The van der Waals surface area contributed by atoms with Crippen LogP contribution in [0.15, 0.2) is 12.1 Å². The van der Waals surface area contributed by atoms with Crippen molar-refractivity contribution in [1.82, 2.24) is 0 Å². The third kappa shape index (κ3) is 2.16. The van der Waals surface area contributed by atoms with Crippen LogP contribution in [-0.4, -0.2) is 5.91 Å². The SMILES string of the molecule is [C-]#[N+]c1cc2c(cc1C(C)(C)C)CCC(=O)N2. The van der Waals surface area contributed by atoms with Gasteiger partial charge in [-0.05, 0) is 29.0 Å². The van der Waals surface area contributed by atoms with Gasteiger partial charge in [-0.25, -0.2) is 4.85 Å². The fraction of sp³-hybridized carbons (Fsp3) is 0.429. The Kier molecular flexibility index (Phi) is 2.66. The van der Waals surface area contributed by atoms with Crippen LogP contribution in [0.3, 0.4) is 0 Å². The molecule has 3 nitrogen and oxygen atoms in total. The molecule has 1 amide bonds. The predicted octanol–water partition coefficient (Wildman–Crippen LogP) is 3.42. The Bertz CT molecular complexity index is 518. The first-order valence-corrected chi connectivity index (χ1v) is 5.76. The summed E-state index contributed by atoms with van der Waals surface area (Å²) in [7, 11) is 0. The highest BCUT2D eigenvalue weighted by molar-refractivity contribution is 5.94. The number of hydrogen-bond acceptors (Lipinski definition) is 1. The molecule has 0 saturated heterocycles. The van der Waals surface area contributed by atoms with Crippen LogP contribution in [0.25, 0.3) is 4.85 Å². The van der Waals surface area contributed by atoms with E-state index in [1.165, 1.54) is 0 Å². The molecule has 17 heavy (non-hydrogen) atoms. The molecule has 88 valence electrons. The van der Waals surface area contributed by atoms with E-state index in [0.717, 1.165) is 23.2 Å². The summed E-state index contributed by atoms with van der Waals surface area (Å²) >= 11 is 0. The Morgan fingerprint density at radius 3 is 2.59 bits per heavy atom. The molecule has 1 aromatic carbocycles. The maximum absolute atomic E-state index is 11.3. The molecule has 1 aliphatic heterocycles. The van der Waals surface area contributed by atoms with E-state index in [1.807, 2.05) is 0 Å². The number of anilines is 1. The quantitative estimate of drug-likeness (QED) is 0.678. The van der Waals surface area contributed by atoms with Gasteiger partial charge in [0, 0.05) is 12.1 Å². The third-order valence-electron chi connectivity index (χ3n) is 3.05. The fourth-order valence-electron chi connectivity index (χ4n) is 2.11. The standard InChI is InChI=1S/C14H16N2O/c1-14(2,3)10-7-9-5-6-13(17)16-11(9)8-12(10)15-4/h7-8H,5-6H2,1-3H3,(H,16,17). The van der Waals surface area contributed by atoms with Crippen molar-refractivity contribution in [1.29, 1.82) is 0 Å². The van der Waals surface area contributed by atoms with Crippen LogP contribution in [0.1, 0.15) is 38.3 Å². The van der Waals surface area contributed by atoms with Crippen LogP contribution < -0.4 is 5.32 Å². The minimum Gasteiger partial charge on any atom is -0.327 e. The second-order valence-corrected chi connectivity index (χ2v) is 5.44. The van der Waals surface area contributed by atoms with Gasteiger partial charge in [-0.15, -0.1) is 0 Å². The van der Waals surface area contributed by atoms with Gasteiger partial charge in [0.1, 0.15) is 0 Å². The highest BCUT2D eigenvalue weighted by Crippen LogP contribution is 2.37. The summed E-state index contributed by atoms with van der Waals surface area (Å²) in [6.45, 7) is 13.6. The second kappa shape index (κ2) is 3.89. The number of nitrogens with one attached hydrogen (secondary N) is 1. The normalized spacial score (nSPS) is 14.8. The Morgan fingerprint density at radius 1 is 1.29 bits per heavy atom. The molecule has 2 rings (SSSR count). The van der Waals surface area contributed by atoms with E-state index in [1.54, 1.807) is 6.07 Å². The zero-order valence-electron chi connectivity index (χ0n) is 10.4. The zero-order chi connectivity index (χ0) is 12.6. The summed E-state index contributed by atoms with van der Waals surface area (Å²) in [4.78, 5) is 14.9. The van der Waals surface area contributed by atoms with Crippen LogP contribution in [0.4, 0.5) is 11.4 Å².